The number of fused-ring (bicyclic) bond motifs is 2. The van der Waals surface area contributed by atoms with Crippen molar-refractivity contribution in [1.29, 1.82) is 0 Å². The van der Waals surface area contributed by atoms with Gasteiger partial charge in [0.25, 0.3) is 0 Å². The molecule has 3 aromatic rings. The molecular formula is C27H34B2O6. The van der Waals surface area contributed by atoms with Gasteiger partial charge >= 0.3 is 14.0 Å². The van der Waals surface area contributed by atoms with Crippen LogP contribution in [-0.4, -0.2) is 36.4 Å². The van der Waals surface area contributed by atoms with Gasteiger partial charge in [-0.3, -0.25) is 4.79 Å². The monoisotopic (exact) mass is 476 g/mol. The van der Waals surface area contributed by atoms with E-state index in [1.54, 1.807) is 6.07 Å². The summed E-state index contributed by atoms with van der Waals surface area (Å²) in [7, 11) is -1.23. The first kappa shape index (κ1) is 24.6. The largest absolute Gasteiger partial charge is 0.489 e. The van der Waals surface area contributed by atoms with E-state index in [0.717, 1.165) is 12.0 Å². The highest BCUT2D eigenvalue weighted by atomic mass is 16.7. The van der Waals surface area contributed by atoms with Crippen LogP contribution in [0, 0.1) is 5.92 Å². The van der Waals surface area contributed by atoms with Gasteiger partial charge in [-0.25, -0.2) is 0 Å². The SMILES string of the molecule is C[C@@H](Cc1ccc2c(=O)c3ccccc3oc2c1)C1(C)OB(B2OC(C)(C)C(C)(C)O2)OC1(C)C. The molecule has 0 spiro atoms. The quantitative estimate of drug-likeness (QED) is 0.373. The molecule has 184 valence electrons. The van der Waals surface area contributed by atoms with Gasteiger partial charge in [-0.15, -0.1) is 0 Å². The van der Waals surface area contributed by atoms with Crippen molar-refractivity contribution in [3.8, 4) is 0 Å². The van der Waals surface area contributed by atoms with Crippen LogP contribution in [0.4, 0.5) is 0 Å². The van der Waals surface area contributed by atoms with Gasteiger partial charge in [0, 0.05) is 0 Å². The molecule has 0 bridgehead atoms. The van der Waals surface area contributed by atoms with Crippen LogP contribution >= 0.6 is 0 Å². The Bertz CT molecular complexity index is 1330. The molecule has 8 heteroatoms. The van der Waals surface area contributed by atoms with Crippen molar-refractivity contribution < 1.29 is 23.0 Å². The predicted octanol–water partition coefficient (Wildman–Crippen LogP) is 5.37. The molecule has 0 saturated carbocycles. The zero-order chi connectivity index (χ0) is 25.4. The Morgan fingerprint density at radius 1 is 0.743 bits per heavy atom. The minimum absolute atomic E-state index is 0.00711. The van der Waals surface area contributed by atoms with Gasteiger partial charge in [0.1, 0.15) is 11.2 Å². The van der Waals surface area contributed by atoms with E-state index < -0.39 is 36.4 Å². The van der Waals surface area contributed by atoms with E-state index in [4.69, 9.17) is 23.0 Å². The molecule has 1 unspecified atom stereocenters. The Morgan fingerprint density at radius 3 is 2.00 bits per heavy atom. The maximum atomic E-state index is 12.9. The van der Waals surface area contributed by atoms with Crippen molar-refractivity contribution >= 4 is 36.0 Å². The lowest BCUT2D eigenvalue weighted by molar-refractivity contribution is -0.0487. The summed E-state index contributed by atoms with van der Waals surface area (Å²) in [5.74, 6) is 0.0922. The van der Waals surface area contributed by atoms with Crippen LogP contribution < -0.4 is 5.43 Å². The lowest BCUT2D eigenvalue weighted by atomic mass is 9.49. The van der Waals surface area contributed by atoms with Crippen molar-refractivity contribution in [3.63, 3.8) is 0 Å². The molecule has 5 rings (SSSR count). The average molecular weight is 476 g/mol. The maximum absolute atomic E-state index is 12.9. The molecule has 2 aliphatic rings. The fourth-order valence-electron chi connectivity index (χ4n) is 5.16. The molecular weight excluding hydrogens is 442 g/mol. The molecule has 35 heavy (non-hydrogen) atoms. The van der Waals surface area contributed by atoms with Crippen LogP contribution in [0.25, 0.3) is 21.9 Å². The molecule has 6 nitrogen and oxygen atoms in total. The third kappa shape index (κ3) is 3.86. The smallest absolute Gasteiger partial charge is 0.456 e. The molecule has 3 heterocycles. The second-order valence-corrected chi connectivity index (χ2v) is 11.7. The van der Waals surface area contributed by atoms with Gasteiger partial charge in [0.15, 0.2) is 0 Å². The second-order valence-electron chi connectivity index (χ2n) is 11.7. The Balaban J connectivity index is 1.40. The van der Waals surface area contributed by atoms with Crippen LogP contribution in [-0.2, 0) is 25.0 Å². The maximum Gasteiger partial charge on any atom is 0.489 e. The van der Waals surface area contributed by atoms with E-state index >= 15 is 0 Å². The number of hydrogen-bond donors (Lipinski definition) is 0. The van der Waals surface area contributed by atoms with Crippen molar-refractivity contribution in [2.24, 2.45) is 5.92 Å². The number of hydrogen-bond acceptors (Lipinski definition) is 6. The van der Waals surface area contributed by atoms with E-state index in [0.29, 0.717) is 21.9 Å². The minimum atomic E-state index is -0.625. The van der Waals surface area contributed by atoms with Gasteiger partial charge < -0.3 is 23.0 Å². The van der Waals surface area contributed by atoms with Gasteiger partial charge in [-0.2, -0.15) is 0 Å². The molecule has 2 saturated heterocycles. The highest BCUT2D eigenvalue weighted by molar-refractivity contribution is 7.11. The number of para-hydroxylation sites is 1. The Hall–Kier alpha value is -2.12. The molecule has 0 aliphatic carbocycles. The van der Waals surface area contributed by atoms with Crippen LogP contribution in [0.5, 0.6) is 0 Å². The van der Waals surface area contributed by atoms with Crippen molar-refractivity contribution in [3.05, 3.63) is 58.3 Å². The molecule has 2 fully saturated rings. The van der Waals surface area contributed by atoms with Gasteiger partial charge in [0.05, 0.1) is 33.2 Å². The number of rotatable bonds is 4. The summed E-state index contributed by atoms with van der Waals surface area (Å²) in [6.07, 6.45) is 0.728. The highest BCUT2D eigenvalue weighted by Crippen LogP contribution is 2.47. The minimum Gasteiger partial charge on any atom is -0.456 e. The molecule has 0 N–H and O–H groups in total. The molecule has 0 amide bonds. The van der Waals surface area contributed by atoms with Gasteiger partial charge in [0.2, 0.25) is 5.43 Å². The second kappa shape index (κ2) is 7.94. The summed E-state index contributed by atoms with van der Waals surface area (Å²) in [5, 5.41) is 1.19. The summed E-state index contributed by atoms with van der Waals surface area (Å²) in [5.41, 5.74) is 0.176. The molecule has 2 aliphatic heterocycles. The fourth-order valence-corrected chi connectivity index (χ4v) is 5.16. The molecule has 0 radical (unpaired) electrons. The fraction of sp³-hybridized carbons (Fsp3) is 0.519. The summed E-state index contributed by atoms with van der Waals surface area (Å²) in [4.78, 5) is 12.9. The van der Waals surface area contributed by atoms with Crippen LogP contribution in [0.1, 0.15) is 61.0 Å². The lowest BCUT2D eigenvalue weighted by Crippen LogP contribution is -2.50. The lowest BCUT2D eigenvalue weighted by Gasteiger charge is -2.41. The molecule has 1 aromatic heterocycles. The van der Waals surface area contributed by atoms with Crippen LogP contribution in [0.2, 0.25) is 0 Å². The first-order chi connectivity index (χ1) is 16.2. The van der Waals surface area contributed by atoms with Gasteiger partial charge in [-0.05, 0) is 90.6 Å². The zero-order valence-corrected chi connectivity index (χ0v) is 21.9. The highest BCUT2D eigenvalue weighted by Gasteiger charge is 2.65. The Kier molecular flexibility index (Phi) is 5.57. The summed E-state index contributed by atoms with van der Waals surface area (Å²) < 4.78 is 31.5. The van der Waals surface area contributed by atoms with Crippen LogP contribution in [0.15, 0.2) is 51.7 Å². The third-order valence-corrected chi connectivity index (χ3v) is 8.59. The summed E-state index contributed by atoms with van der Waals surface area (Å²) in [6.45, 7) is 16.5. The normalized spacial score (nSPS) is 26.1. The summed E-state index contributed by atoms with van der Waals surface area (Å²) >= 11 is 0. The van der Waals surface area contributed by atoms with Crippen molar-refractivity contribution in [1.82, 2.24) is 0 Å². The first-order valence-corrected chi connectivity index (χ1v) is 12.4. The van der Waals surface area contributed by atoms with Crippen molar-refractivity contribution in [2.45, 2.75) is 84.2 Å². The zero-order valence-electron chi connectivity index (χ0n) is 21.9. The summed E-state index contributed by atoms with van der Waals surface area (Å²) in [6, 6.07) is 13.2. The van der Waals surface area contributed by atoms with E-state index in [1.165, 1.54) is 0 Å². The molecule has 2 atom stereocenters. The van der Waals surface area contributed by atoms with Crippen LogP contribution in [0.3, 0.4) is 0 Å². The molecule has 2 aromatic carbocycles. The van der Waals surface area contributed by atoms with E-state index in [9.17, 15) is 4.79 Å². The van der Waals surface area contributed by atoms with E-state index in [-0.39, 0.29) is 11.3 Å². The number of benzene rings is 2. The van der Waals surface area contributed by atoms with Crippen molar-refractivity contribution in [2.75, 3.05) is 0 Å². The standard InChI is InChI=1S/C27H34B2O6/c1-17(15-18-13-14-20-22(16-18)31-21-12-10-9-11-19(21)23(20)30)27(8)26(6,7)34-29(35-27)28-32-24(2,3)25(4,5)33-28/h9-14,16-17H,15H2,1-8H3/t17-,27?/m0/s1. The predicted molar refractivity (Wildman–Crippen MR) is 139 cm³/mol. The topological polar surface area (TPSA) is 67.1 Å². The Labute approximate surface area is 207 Å². The Morgan fingerprint density at radius 2 is 1.31 bits per heavy atom. The average Bonchev–Trinajstić information content (AvgIpc) is 3.15. The van der Waals surface area contributed by atoms with E-state index in [1.807, 2.05) is 64.1 Å². The van der Waals surface area contributed by atoms with E-state index in [2.05, 4.69) is 27.7 Å². The van der Waals surface area contributed by atoms with Gasteiger partial charge in [-0.1, -0.05) is 25.1 Å². The third-order valence-electron chi connectivity index (χ3n) is 8.59. The first-order valence-electron chi connectivity index (χ1n) is 12.4.